The maximum Gasteiger partial charge on any atom is 0.417 e. The minimum Gasteiger partial charge on any atom is -0.496 e. The lowest BCUT2D eigenvalue weighted by Crippen LogP contribution is -2.27. The second kappa shape index (κ2) is 8.60. The number of aryl methyl sites for hydroxylation is 2. The summed E-state index contributed by atoms with van der Waals surface area (Å²) in [5.74, 6) is -1.27. The number of hydrogen-bond acceptors (Lipinski definition) is 6. The Morgan fingerprint density at radius 3 is 2.48 bits per heavy atom. The molecule has 7 nitrogen and oxygen atoms in total. The van der Waals surface area contributed by atoms with Gasteiger partial charge >= 0.3 is 6.18 Å². The molecule has 0 aliphatic carbocycles. The molecule has 0 bridgehead atoms. The number of sulfone groups is 1. The van der Waals surface area contributed by atoms with Gasteiger partial charge in [0.1, 0.15) is 11.5 Å². The zero-order chi connectivity index (χ0) is 21.8. The molecular weight excluding hydrogens is 411 g/mol. The standard InChI is InChI=1S/C18H18F3N3O4S/c1-11-7-15(28-3)12(2)6-13(11)8-23-24-16(25)10-29(26,27)17-5-4-14(9-22-17)18(19,20)21/h4-9H,10H2,1-3H3,(H,24,25)/b23-8+. The van der Waals surface area contributed by atoms with Gasteiger partial charge in [-0.3, -0.25) is 4.79 Å². The SMILES string of the molecule is COc1cc(C)c(/C=N/NC(=O)CS(=O)(=O)c2ccc(C(F)(F)F)cn2)cc1C. The van der Waals surface area contributed by atoms with Gasteiger partial charge in [-0.05, 0) is 54.8 Å². The smallest absolute Gasteiger partial charge is 0.417 e. The quantitative estimate of drug-likeness (QED) is 0.562. The maximum atomic E-state index is 12.5. The van der Waals surface area contributed by atoms with Gasteiger partial charge in [-0.2, -0.15) is 18.3 Å². The third kappa shape index (κ3) is 5.76. The summed E-state index contributed by atoms with van der Waals surface area (Å²) in [6, 6.07) is 4.87. The Bertz CT molecular complexity index is 1030. The number of hydrogen-bond donors (Lipinski definition) is 1. The van der Waals surface area contributed by atoms with Gasteiger partial charge in [0.05, 0.1) is 18.9 Å². The summed E-state index contributed by atoms with van der Waals surface area (Å²) >= 11 is 0. The van der Waals surface area contributed by atoms with Crippen molar-refractivity contribution in [2.75, 3.05) is 12.9 Å². The summed E-state index contributed by atoms with van der Waals surface area (Å²) in [6.45, 7) is 3.64. The molecule has 2 aromatic rings. The van der Waals surface area contributed by atoms with Crippen LogP contribution in [0.5, 0.6) is 5.75 Å². The second-order valence-electron chi connectivity index (χ2n) is 6.11. The lowest BCUT2D eigenvalue weighted by molar-refractivity contribution is -0.137. The van der Waals surface area contributed by atoms with E-state index in [0.717, 1.165) is 11.1 Å². The van der Waals surface area contributed by atoms with Crippen LogP contribution in [-0.4, -0.2) is 38.4 Å². The first-order valence-corrected chi connectivity index (χ1v) is 9.82. The molecule has 1 aromatic carbocycles. The monoisotopic (exact) mass is 429 g/mol. The van der Waals surface area contributed by atoms with Crippen molar-refractivity contribution in [3.63, 3.8) is 0 Å². The fourth-order valence-electron chi connectivity index (χ4n) is 2.36. The van der Waals surface area contributed by atoms with Crippen LogP contribution in [0.3, 0.4) is 0 Å². The zero-order valence-electron chi connectivity index (χ0n) is 15.7. The molecule has 0 unspecified atom stereocenters. The molecule has 1 amide bonds. The molecule has 156 valence electrons. The van der Waals surface area contributed by atoms with E-state index in [0.29, 0.717) is 29.6 Å². The number of nitrogens with one attached hydrogen (secondary N) is 1. The van der Waals surface area contributed by atoms with Crippen LogP contribution in [-0.2, 0) is 20.8 Å². The Hall–Kier alpha value is -2.95. The van der Waals surface area contributed by atoms with Gasteiger partial charge in [-0.25, -0.2) is 18.8 Å². The summed E-state index contributed by atoms with van der Waals surface area (Å²) in [5.41, 5.74) is 3.36. The third-order valence-corrected chi connectivity index (χ3v) is 5.40. The molecule has 1 aromatic heterocycles. The number of aromatic nitrogens is 1. The predicted molar refractivity (Wildman–Crippen MR) is 99.5 cm³/mol. The average Bonchev–Trinajstić information content (AvgIpc) is 2.63. The summed E-state index contributed by atoms with van der Waals surface area (Å²) in [7, 11) is -2.68. The molecule has 29 heavy (non-hydrogen) atoms. The molecule has 0 aliphatic heterocycles. The Balaban J connectivity index is 2.05. The highest BCUT2D eigenvalue weighted by molar-refractivity contribution is 7.92. The van der Waals surface area contributed by atoms with Crippen molar-refractivity contribution in [3.8, 4) is 5.75 Å². The van der Waals surface area contributed by atoms with Crippen LogP contribution in [0.2, 0.25) is 0 Å². The van der Waals surface area contributed by atoms with Crippen LogP contribution in [0, 0.1) is 13.8 Å². The summed E-state index contributed by atoms with van der Waals surface area (Å²) in [5, 5.41) is 3.09. The molecular formula is C18H18F3N3O4S. The molecule has 0 aliphatic rings. The summed E-state index contributed by atoms with van der Waals surface area (Å²) in [6.07, 6.45) is -2.89. The van der Waals surface area contributed by atoms with Gasteiger partial charge in [-0.15, -0.1) is 0 Å². The normalized spacial score (nSPS) is 12.2. The van der Waals surface area contributed by atoms with Gasteiger partial charge < -0.3 is 4.74 Å². The van der Waals surface area contributed by atoms with E-state index in [4.69, 9.17) is 4.74 Å². The van der Waals surface area contributed by atoms with Gasteiger partial charge in [0, 0.05) is 6.20 Å². The Kier molecular flexibility index (Phi) is 6.62. The molecule has 0 fully saturated rings. The lowest BCUT2D eigenvalue weighted by Gasteiger charge is -2.08. The number of rotatable bonds is 6. The number of nitrogens with zero attached hydrogens (tertiary/aromatic N) is 2. The van der Waals surface area contributed by atoms with Crippen LogP contribution in [0.4, 0.5) is 13.2 Å². The van der Waals surface area contributed by atoms with Crippen LogP contribution in [0.1, 0.15) is 22.3 Å². The minimum absolute atomic E-state index is 0.401. The number of amides is 1. The Labute approximate surface area is 165 Å². The van der Waals surface area contributed by atoms with Crippen molar-refractivity contribution in [2.24, 2.45) is 5.10 Å². The molecule has 0 saturated carbocycles. The largest absolute Gasteiger partial charge is 0.496 e. The summed E-state index contributed by atoms with van der Waals surface area (Å²) < 4.78 is 67.0. The molecule has 11 heteroatoms. The molecule has 1 heterocycles. The van der Waals surface area contributed by atoms with Crippen LogP contribution in [0.15, 0.2) is 40.6 Å². The van der Waals surface area contributed by atoms with E-state index in [9.17, 15) is 26.4 Å². The van der Waals surface area contributed by atoms with E-state index >= 15 is 0 Å². The predicted octanol–water partition coefficient (Wildman–Crippen LogP) is 2.65. The number of pyridine rings is 1. The van der Waals surface area contributed by atoms with Gasteiger partial charge in [0.2, 0.25) is 9.84 Å². The summed E-state index contributed by atoms with van der Waals surface area (Å²) in [4.78, 5) is 15.2. The molecule has 2 rings (SSSR count). The van der Waals surface area contributed by atoms with Crippen molar-refractivity contribution in [1.82, 2.24) is 10.4 Å². The lowest BCUT2D eigenvalue weighted by atomic mass is 10.1. The van der Waals surface area contributed by atoms with E-state index in [2.05, 4.69) is 15.5 Å². The van der Waals surface area contributed by atoms with Crippen molar-refractivity contribution in [2.45, 2.75) is 25.0 Å². The van der Waals surface area contributed by atoms with Crippen molar-refractivity contribution in [1.29, 1.82) is 0 Å². The number of benzene rings is 1. The molecule has 0 spiro atoms. The van der Waals surface area contributed by atoms with Crippen molar-refractivity contribution < 1.29 is 31.1 Å². The third-order valence-electron chi connectivity index (χ3n) is 3.88. The number of carbonyl (C=O) groups is 1. The molecule has 0 saturated heterocycles. The molecule has 0 radical (unpaired) electrons. The number of hydrazone groups is 1. The highest BCUT2D eigenvalue weighted by atomic mass is 32.2. The van der Waals surface area contributed by atoms with E-state index in [1.807, 2.05) is 13.8 Å². The Morgan fingerprint density at radius 1 is 1.24 bits per heavy atom. The second-order valence-corrected chi connectivity index (χ2v) is 8.05. The van der Waals surface area contributed by atoms with E-state index in [1.165, 1.54) is 6.21 Å². The first-order valence-electron chi connectivity index (χ1n) is 8.17. The fourth-order valence-corrected chi connectivity index (χ4v) is 3.40. The first kappa shape index (κ1) is 22.3. The number of ether oxygens (including phenoxy) is 1. The van der Waals surface area contributed by atoms with E-state index < -0.39 is 38.3 Å². The number of carbonyl (C=O) groups excluding carboxylic acids is 1. The van der Waals surface area contributed by atoms with Gasteiger partial charge in [0.15, 0.2) is 5.03 Å². The average molecular weight is 429 g/mol. The highest BCUT2D eigenvalue weighted by Crippen LogP contribution is 2.28. The maximum absolute atomic E-state index is 12.5. The van der Waals surface area contributed by atoms with E-state index in [-0.39, 0.29) is 0 Å². The van der Waals surface area contributed by atoms with Gasteiger partial charge in [0.25, 0.3) is 5.91 Å². The number of alkyl halides is 3. The van der Waals surface area contributed by atoms with Crippen LogP contribution >= 0.6 is 0 Å². The Morgan fingerprint density at radius 2 is 1.93 bits per heavy atom. The minimum atomic E-state index is -4.64. The topological polar surface area (TPSA) is 97.7 Å². The van der Waals surface area contributed by atoms with Gasteiger partial charge in [-0.1, -0.05) is 0 Å². The fraction of sp³-hybridized carbons (Fsp3) is 0.278. The first-order chi connectivity index (χ1) is 13.4. The van der Waals surface area contributed by atoms with Crippen molar-refractivity contribution in [3.05, 3.63) is 52.7 Å². The van der Waals surface area contributed by atoms with Crippen molar-refractivity contribution >= 4 is 22.0 Å². The number of halogens is 3. The van der Waals surface area contributed by atoms with Crippen LogP contribution < -0.4 is 10.2 Å². The number of methoxy groups -OCH3 is 1. The zero-order valence-corrected chi connectivity index (χ0v) is 16.6. The molecule has 0 atom stereocenters. The molecule has 1 N–H and O–H groups in total. The van der Waals surface area contributed by atoms with E-state index in [1.54, 1.807) is 19.2 Å². The van der Waals surface area contributed by atoms with Crippen LogP contribution in [0.25, 0.3) is 0 Å². The highest BCUT2D eigenvalue weighted by Gasteiger charge is 2.31.